The lowest BCUT2D eigenvalue weighted by atomic mass is 9.81. The first kappa shape index (κ1) is 25.2. The molecule has 3 N–H and O–H groups in total. The minimum absolute atomic E-state index is 0.00984. The van der Waals surface area contributed by atoms with E-state index in [0.29, 0.717) is 46.4 Å². The van der Waals surface area contributed by atoms with E-state index < -0.39 is 41.0 Å². The van der Waals surface area contributed by atoms with Crippen molar-refractivity contribution in [3.05, 3.63) is 61.7 Å². The SMILES string of the molecule is CC#CC(O)C(=O)N[C@H]1CCc2c(C)c(F)cc3nc4c(c1c23)Cn1c-4cc2c(c1=O)COC(=O)[C@]2(O)CC. The molecule has 1 amide bonds. The van der Waals surface area contributed by atoms with E-state index in [0.717, 1.165) is 10.9 Å². The lowest BCUT2D eigenvalue weighted by Gasteiger charge is -2.31. The molecule has 6 rings (SSSR count). The number of nitrogens with zero attached hydrogens (tertiary/aromatic N) is 2. The van der Waals surface area contributed by atoms with Crippen LogP contribution >= 0.6 is 0 Å². The van der Waals surface area contributed by atoms with Crippen LogP contribution in [0.1, 0.15) is 66.1 Å². The molecule has 39 heavy (non-hydrogen) atoms. The highest BCUT2D eigenvalue weighted by atomic mass is 19.1. The number of aromatic nitrogens is 2. The average molecular weight is 532 g/mol. The highest BCUT2D eigenvalue weighted by Crippen LogP contribution is 2.45. The molecule has 4 heterocycles. The number of halogens is 1. The molecule has 10 heteroatoms. The minimum Gasteiger partial charge on any atom is -0.458 e. The average Bonchev–Trinajstić information content (AvgIpc) is 3.29. The highest BCUT2D eigenvalue weighted by molar-refractivity contribution is 5.94. The number of carbonyl (C=O) groups is 2. The minimum atomic E-state index is -1.97. The van der Waals surface area contributed by atoms with Crippen molar-refractivity contribution in [2.24, 2.45) is 0 Å². The van der Waals surface area contributed by atoms with E-state index in [4.69, 9.17) is 9.72 Å². The number of aliphatic hydroxyl groups is 2. The molecule has 0 saturated heterocycles. The third-order valence-corrected chi connectivity index (χ3v) is 8.22. The lowest BCUT2D eigenvalue weighted by Crippen LogP contribution is -2.44. The van der Waals surface area contributed by atoms with Crippen LogP contribution in [0.3, 0.4) is 0 Å². The Kier molecular flexibility index (Phi) is 5.64. The van der Waals surface area contributed by atoms with Gasteiger partial charge in [0.05, 0.1) is 35.1 Å². The molecule has 200 valence electrons. The quantitative estimate of drug-likeness (QED) is 0.272. The van der Waals surface area contributed by atoms with E-state index in [1.807, 2.05) is 0 Å². The zero-order valence-corrected chi connectivity index (χ0v) is 21.6. The van der Waals surface area contributed by atoms with Gasteiger partial charge in [0.15, 0.2) is 11.7 Å². The predicted molar refractivity (Wildman–Crippen MR) is 138 cm³/mol. The number of rotatable bonds is 3. The predicted octanol–water partition coefficient (Wildman–Crippen LogP) is 2.01. The van der Waals surface area contributed by atoms with Gasteiger partial charge in [0.1, 0.15) is 12.4 Å². The number of aliphatic hydroxyl groups excluding tert-OH is 1. The van der Waals surface area contributed by atoms with Gasteiger partial charge in [-0.1, -0.05) is 12.8 Å². The van der Waals surface area contributed by atoms with Gasteiger partial charge in [0.25, 0.3) is 11.5 Å². The van der Waals surface area contributed by atoms with Crippen molar-refractivity contribution in [2.45, 2.75) is 70.9 Å². The molecule has 9 nitrogen and oxygen atoms in total. The second kappa shape index (κ2) is 8.73. The number of cyclic esters (lactones) is 1. The number of ether oxygens (including phenoxy) is 1. The molecule has 3 atom stereocenters. The highest BCUT2D eigenvalue weighted by Gasteiger charge is 2.46. The first-order chi connectivity index (χ1) is 18.6. The Balaban J connectivity index is 1.61. The van der Waals surface area contributed by atoms with E-state index in [1.165, 1.54) is 17.6 Å². The third-order valence-electron chi connectivity index (χ3n) is 8.22. The summed E-state index contributed by atoms with van der Waals surface area (Å²) in [5.74, 6) is 3.09. The van der Waals surface area contributed by atoms with Crippen LogP contribution in [0.15, 0.2) is 16.9 Å². The molecule has 1 unspecified atom stereocenters. The van der Waals surface area contributed by atoms with E-state index >= 15 is 0 Å². The molecule has 3 aromatic rings. The molecule has 2 aromatic heterocycles. The molecular weight excluding hydrogens is 505 g/mol. The Bertz CT molecular complexity index is 1750. The van der Waals surface area contributed by atoms with Crippen LogP contribution < -0.4 is 10.9 Å². The summed E-state index contributed by atoms with van der Waals surface area (Å²) in [4.78, 5) is 43.7. The molecule has 3 aliphatic rings. The number of aryl methyl sites for hydroxylation is 1. The number of fused-ring (bicyclic) bond motifs is 5. The Morgan fingerprint density at radius 3 is 2.82 bits per heavy atom. The van der Waals surface area contributed by atoms with Gasteiger partial charge in [-0.25, -0.2) is 14.2 Å². The van der Waals surface area contributed by atoms with Gasteiger partial charge in [0.2, 0.25) is 0 Å². The first-order valence-electron chi connectivity index (χ1n) is 12.8. The van der Waals surface area contributed by atoms with Crippen molar-refractivity contribution in [1.29, 1.82) is 0 Å². The molecule has 0 saturated carbocycles. The van der Waals surface area contributed by atoms with Crippen LogP contribution in [0.2, 0.25) is 0 Å². The first-order valence-corrected chi connectivity index (χ1v) is 12.8. The Labute approximate surface area is 222 Å². The summed E-state index contributed by atoms with van der Waals surface area (Å²) < 4.78 is 21.6. The number of amides is 1. The summed E-state index contributed by atoms with van der Waals surface area (Å²) in [7, 11) is 0. The van der Waals surface area contributed by atoms with Gasteiger partial charge in [-0.3, -0.25) is 9.59 Å². The van der Waals surface area contributed by atoms with Crippen LogP contribution in [0.5, 0.6) is 0 Å². The van der Waals surface area contributed by atoms with Gasteiger partial charge in [-0.05, 0) is 55.9 Å². The van der Waals surface area contributed by atoms with Gasteiger partial charge in [-0.15, -0.1) is 5.92 Å². The van der Waals surface area contributed by atoms with E-state index in [2.05, 4.69) is 17.2 Å². The Morgan fingerprint density at radius 1 is 1.33 bits per heavy atom. The zero-order chi connectivity index (χ0) is 27.8. The third kappa shape index (κ3) is 3.46. The van der Waals surface area contributed by atoms with Crippen molar-refractivity contribution in [1.82, 2.24) is 14.9 Å². The molecule has 0 radical (unpaired) electrons. The van der Waals surface area contributed by atoms with Gasteiger partial charge in [-0.2, -0.15) is 0 Å². The molecule has 2 aliphatic heterocycles. The van der Waals surface area contributed by atoms with E-state index in [9.17, 15) is 29.0 Å². The van der Waals surface area contributed by atoms with Crippen molar-refractivity contribution >= 4 is 22.8 Å². The maximum absolute atomic E-state index is 15.0. The standard InChI is InChI=1S/C29H26FN3O6/c1-4-6-22(34)26(35)32-19-8-7-14-13(3)18(30)10-20-23(14)24(19)15-11-33-21(25(15)31-20)9-17-16(27(33)36)12-39-28(37)29(17,38)5-2/h9-10,19,22,34,38H,5,7-8,11-12H2,1-3H3,(H,32,35)/t19-,22?,29-/m0/s1. The Morgan fingerprint density at radius 2 is 2.10 bits per heavy atom. The number of hydrogen-bond acceptors (Lipinski definition) is 7. The van der Waals surface area contributed by atoms with Crippen molar-refractivity contribution in [3.8, 4) is 23.2 Å². The second-order valence-electron chi connectivity index (χ2n) is 10.2. The summed E-state index contributed by atoms with van der Waals surface area (Å²) in [5.41, 5.74) is 1.86. The molecule has 0 spiro atoms. The van der Waals surface area contributed by atoms with Crippen molar-refractivity contribution in [3.63, 3.8) is 0 Å². The van der Waals surface area contributed by atoms with Crippen LogP contribution in [-0.2, 0) is 39.5 Å². The fourth-order valence-corrected chi connectivity index (χ4v) is 6.15. The number of carbonyl (C=O) groups excluding carboxylic acids is 2. The van der Waals surface area contributed by atoms with E-state index in [-0.39, 0.29) is 30.7 Å². The van der Waals surface area contributed by atoms with Crippen LogP contribution in [0.25, 0.3) is 22.3 Å². The summed E-state index contributed by atoms with van der Waals surface area (Å²) >= 11 is 0. The topological polar surface area (TPSA) is 131 Å². The number of nitrogens with one attached hydrogen (secondary N) is 1. The normalized spacial score (nSPS) is 21.3. The van der Waals surface area contributed by atoms with E-state index in [1.54, 1.807) is 19.9 Å². The van der Waals surface area contributed by atoms with Crippen LogP contribution in [0, 0.1) is 24.6 Å². The van der Waals surface area contributed by atoms with Gasteiger partial charge in [0, 0.05) is 22.6 Å². The molecule has 1 aromatic carbocycles. The molecule has 0 fully saturated rings. The summed E-state index contributed by atoms with van der Waals surface area (Å²) in [6.45, 7) is 4.74. The van der Waals surface area contributed by atoms with Crippen LogP contribution in [-0.4, -0.2) is 37.7 Å². The summed E-state index contributed by atoms with van der Waals surface area (Å²) in [6, 6.07) is 2.40. The monoisotopic (exact) mass is 531 g/mol. The van der Waals surface area contributed by atoms with Gasteiger partial charge >= 0.3 is 5.97 Å². The molecular formula is C29H26FN3O6. The number of pyridine rings is 2. The zero-order valence-electron chi connectivity index (χ0n) is 21.6. The van der Waals surface area contributed by atoms with Gasteiger partial charge < -0.3 is 24.8 Å². The number of hydrogen-bond donors (Lipinski definition) is 3. The van der Waals surface area contributed by atoms with Crippen LogP contribution in [0.4, 0.5) is 4.39 Å². The summed E-state index contributed by atoms with van der Waals surface area (Å²) in [5, 5.41) is 24.9. The maximum atomic E-state index is 15.0. The fraction of sp³-hybridized carbons (Fsp3) is 0.379. The molecule has 1 aliphatic carbocycles. The smallest absolute Gasteiger partial charge is 0.343 e. The number of benzene rings is 1. The second-order valence-corrected chi connectivity index (χ2v) is 10.2. The lowest BCUT2D eigenvalue weighted by molar-refractivity contribution is -0.172. The van der Waals surface area contributed by atoms with Crippen molar-refractivity contribution < 1.29 is 28.9 Å². The van der Waals surface area contributed by atoms with Crippen molar-refractivity contribution in [2.75, 3.05) is 0 Å². The summed E-state index contributed by atoms with van der Waals surface area (Å²) in [6.07, 6.45) is -0.568. The number of esters is 1. The largest absolute Gasteiger partial charge is 0.458 e. The molecule has 0 bridgehead atoms. The maximum Gasteiger partial charge on any atom is 0.343 e. The fourth-order valence-electron chi connectivity index (χ4n) is 6.15. The Hall–Kier alpha value is -4.07.